The predicted octanol–water partition coefficient (Wildman–Crippen LogP) is 5.51. The highest BCUT2D eigenvalue weighted by atomic mass is 19.4. The smallest absolute Gasteiger partial charge is 0.355 e. The van der Waals surface area contributed by atoms with Crippen molar-refractivity contribution in [3.8, 4) is 0 Å². The van der Waals surface area contributed by atoms with Gasteiger partial charge in [-0.15, -0.1) is 0 Å². The summed E-state index contributed by atoms with van der Waals surface area (Å²) in [6.45, 7) is -0.519. The van der Waals surface area contributed by atoms with Gasteiger partial charge in [-0.2, -0.15) is 39.5 Å². The molecule has 1 aliphatic carbocycles. The van der Waals surface area contributed by atoms with Crippen molar-refractivity contribution in [3.63, 3.8) is 0 Å². The lowest BCUT2D eigenvalue weighted by molar-refractivity contribution is -0.220. The molecule has 0 atom stereocenters. The average Bonchev–Trinajstić information content (AvgIpc) is 3.03. The molecule has 2 nitrogen and oxygen atoms in total. The molecule has 1 amide bonds. The van der Waals surface area contributed by atoms with Crippen LogP contribution in [0, 0.1) is 5.41 Å². The third-order valence-electron chi connectivity index (χ3n) is 4.78. The van der Waals surface area contributed by atoms with Crippen LogP contribution in [0.3, 0.4) is 0 Å². The summed E-state index contributed by atoms with van der Waals surface area (Å²) in [6, 6.07) is 0.923. The van der Waals surface area contributed by atoms with Crippen LogP contribution in [0.25, 0.3) is 0 Å². The molecule has 158 valence electrons. The molecule has 0 unspecified atom stereocenters. The van der Waals surface area contributed by atoms with E-state index in [1.807, 2.05) is 5.32 Å². The molecule has 1 aromatic rings. The summed E-state index contributed by atoms with van der Waals surface area (Å²) in [4.78, 5) is 12.1. The summed E-state index contributed by atoms with van der Waals surface area (Å²) < 4.78 is 117. The Balaban J connectivity index is 2.15. The van der Waals surface area contributed by atoms with E-state index in [9.17, 15) is 44.3 Å². The SMILES string of the molecule is O=C(NCCc1cc(C(F)(F)F)cc(C(F)(F)F)c1)C1(C(F)(F)F)CCCC1. The van der Waals surface area contributed by atoms with E-state index in [0.717, 1.165) is 0 Å². The maximum Gasteiger partial charge on any atom is 0.416 e. The maximum atomic E-state index is 13.3. The minimum absolute atomic E-state index is 0.0424. The van der Waals surface area contributed by atoms with Gasteiger partial charge in [0.1, 0.15) is 5.41 Å². The molecule has 0 bridgehead atoms. The lowest BCUT2D eigenvalue weighted by atomic mass is 9.84. The number of carbonyl (C=O) groups excluding carboxylic acids is 1. The van der Waals surface area contributed by atoms with E-state index < -0.39 is 72.3 Å². The van der Waals surface area contributed by atoms with Gasteiger partial charge in [-0.1, -0.05) is 12.8 Å². The first kappa shape index (κ1) is 22.4. The Morgan fingerprint density at radius 1 is 0.857 bits per heavy atom. The van der Waals surface area contributed by atoms with Gasteiger partial charge in [0.25, 0.3) is 0 Å². The fraction of sp³-hybridized carbons (Fsp3) is 0.588. The molecule has 1 aliphatic rings. The van der Waals surface area contributed by atoms with Crippen LogP contribution in [0.5, 0.6) is 0 Å². The second-order valence-electron chi connectivity index (χ2n) is 6.71. The summed E-state index contributed by atoms with van der Waals surface area (Å²) in [6.07, 6.45) is -15.7. The first-order chi connectivity index (χ1) is 12.7. The Kier molecular flexibility index (Phi) is 5.96. The minimum atomic E-state index is -5.02. The van der Waals surface area contributed by atoms with Gasteiger partial charge in [-0.3, -0.25) is 4.79 Å². The van der Waals surface area contributed by atoms with Crippen LogP contribution in [-0.4, -0.2) is 18.6 Å². The van der Waals surface area contributed by atoms with Crippen LogP contribution in [0.15, 0.2) is 18.2 Å². The molecular weight excluding hydrogens is 405 g/mol. The molecule has 1 saturated carbocycles. The Morgan fingerprint density at radius 2 is 1.32 bits per heavy atom. The highest BCUT2D eigenvalue weighted by Gasteiger charge is 2.60. The van der Waals surface area contributed by atoms with Crippen molar-refractivity contribution in [2.75, 3.05) is 6.54 Å². The van der Waals surface area contributed by atoms with Crippen LogP contribution >= 0.6 is 0 Å². The summed E-state index contributed by atoms with van der Waals surface area (Å²) in [5.74, 6) is -1.31. The quantitative estimate of drug-likeness (QED) is 0.639. The molecule has 1 aromatic carbocycles. The van der Waals surface area contributed by atoms with Crippen molar-refractivity contribution >= 4 is 5.91 Å². The molecule has 28 heavy (non-hydrogen) atoms. The van der Waals surface area contributed by atoms with Crippen LogP contribution in [0.4, 0.5) is 39.5 Å². The highest BCUT2D eigenvalue weighted by Crippen LogP contribution is 2.50. The number of hydrogen-bond acceptors (Lipinski definition) is 1. The van der Waals surface area contributed by atoms with Crippen molar-refractivity contribution in [1.29, 1.82) is 0 Å². The molecule has 2 rings (SSSR count). The molecule has 0 aromatic heterocycles. The molecule has 1 fully saturated rings. The zero-order chi connectivity index (χ0) is 21.4. The van der Waals surface area contributed by atoms with E-state index in [4.69, 9.17) is 0 Å². The van der Waals surface area contributed by atoms with Crippen molar-refractivity contribution in [2.45, 2.75) is 50.6 Å². The van der Waals surface area contributed by atoms with Crippen molar-refractivity contribution in [3.05, 3.63) is 34.9 Å². The summed E-state index contributed by atoms with van der Waals surface area (Å²) in [5.41, 5.74) is -6.00. The van der Waals surface area contributed by atoms with Crippen molar-refractivity contribution in [2.24, 2.45) is 5.41 Å². The number of rotatable bonds is 4. The first-order valence-corrected chi connectivity index (χ1v) is 8.30. The van der Waals surface area contributed by atoms with Crippen LogP contribution < -0.4 is 5.32 Å². The molecule has 0 saturated heterocycles. The van der Waals surface area contributed by atoms with E-state index in [0.29, 0.717) is 12.1 Å². The van der Waals surface area contributed by atoms with Gasteiger partial charge in [0.05, 0.1) is 11.1 Å². The number of nitrogens with one attached hydrogen (secondary N) is 1. The number of halogens is 9. The molecule has 0 aliphatic heterocycles. The van der Waals surface area contributed by atoms with Gasteiger partial charge in [0, 0.05) is 6.54 Å². The normalized spacial score (nSPS) is 17.6. The van der Waals surface area contributed by atoms with Crippen LogP contribution in [0.2, 0.25) is 0 Å². The standard InChI is InChI=1S/C17H16F9NO/c18-15(19,20)11-7-10(8-12(9-11)16(21,22)23)3-6-27-13(28)14(17(24,25)26)4-1-2-5-14/h7-9H,1-6H2,(H,27,28). The van der Waals surface area contributed by atoms with E-state index in [-0.39, 0.29) is 18.9 Å². The minimum Gasteiger partial charge on any atom is -0.355 e. The topological polar surface area (TPSA) is 29.1 Å². The third-order valence-corrected chi connectivity index (χ3v) is 4.78. The van der Waals surface area contributed by atoms with Crippen LogP contribution in [0.1, 0.15) is 42.4 Å². The fourth-order valence-corrected chi connectivity index (χ4v) is 3.27. The Labute approximate surface area is 154 Å². The van der Waals surface area contributed by atoms with Crippen molar-refractivity contribution < 1.29 is 44.3 Å². The van der Waals surface area contributed by atoms with E-state index >= 15 is 0 Å². The van der Waals surface area contributed by atoms with Crippen LogP contribution in [-0.2, 0) is 23.6 Å². The monoisotopic (exact) mass is 421 g/mol. The number of carbonyl (C=O) groups is 1. The molecule has 0 spiro atoms. The van der Waals surface area contributed by atoms with Gasteiger partial charge >= 0.3 is 18.5 Å². The van der Waals surface area contributed by atoms with Gasteiger partial charge in [0.15, 0.2) is 0 Å². The Bertz CT molecular complexity index is 681. The fourth-order valence-electron chi connectivity index (χ4n) is 3.27. The lowest BCUT2D eigenvalue weighted by Crippen LogP contribution is -2.49. The largest absolute Gasteiger partial charge is 0.416 e. The Hall–Kier alpha value is -1.94. The summed E-state index contributed by atoms with van der Waals surface area (Å²) in [5, 5.41) is 2.02. The highest BCUT2D eigenvalue weighted by molar-refractivity contribution is 5.83. The summed E-state index contributed by atoms with van der Waals surface area (Å²) in [7, 11) is 0. The van der Waals surface area contributed by atoms with E-state index in [2.05, 4.69) is 0 Å². The van der Waals surface area contributed by atoms with Gasteiger partial charge in [-0.05, 0) is 43.0 Å². The van der Waals surface area contributed by atoms with E-state index in [1.54, 1.807) is 0 Å². The second kappa shape index (κ2) is 7.47. The molecule has 1 N–H and O–H groups in total. The van der Waals surface area contributed by atoms with Crippen molar-refractivity contribution in [1.82, 2.24) is 5.32 Å². The van der Waals surface area contributed by atoms with Gasteiger partial charge in [0.2, 0.25) is 5.91 Å². The predicted molar refractivity (Wildman–Crippen MR) is 80.1 cm³/mol. The molecule has 0 radical (unpaired) electrons. The number of hydrogen-bond donors (Lipinski definition) is 1. The van der Waals surface area contributed by atoms with E-state index in [1.165, 1.54) is 0 Å². The zero-order valence-electron chi connectivity index (χ0n) is 14.3. The zero-order valence-corrected chi connectivity index (χ0v) is 14.3. The maximum absolute atomic E-state index is 13.3. The second-order valence-corrected chi connectivity index (χ2v) is 6.71. The number of benzene rings is 1. The Morgan fingerprint density at radius 3 is 1.71 bits per heavy atom. The molecule has 0 heterocycles. The lowest BCUT2D eigenvalue weighted by Gasteiger charge is -2.30. The number of alkyl halides is 9. The van der Waals surface area contributed by atoms with Gasteiger partial charge in [-0.25, -0.2) is 0 Å². The summed E-state index contributed by atoms with van der Waals surface area (Å²) >= 11 is 0. The number of amides is 1. The molecule has 11 heteroatoms. The van der Waals surface area contributed by atoms with Gasteiger partial charge < -0.3 is 5.32 Å². The average molecular weight is 421 g/mol. The first-order valence-electron chi connectivity index (χ1n) is 8.30. The molecular formula is C17H16F9NO. The third kappa shape index (κ3) is 4.72.